The summed E-state index contributed by atoms with van der Waals surface area (Å²) < 4.78 is 16.8. The van der Waals surface area contributed by atoms with Crippen LogP contribution in [0.2, 0.25) is 0 Å². The van der Waals surface area contributed by atoms with Crippen LogP contribution in [0.25, 0.3) is 22.4 Å². The number of benzene rings is 2. The van der Waals surface area contributed by atoms with E-state index in [4.69, 9.17) is 13.9 Å². The van der Waals surface area contributed by atoms with Gasteiger partial charge in [0.1, 0.15) is 13.2 Å². The van der Waals surface area contributed by atoms with E-state index in [0.29, 0.717) is 41.5 Å². The van der Waals surface area contributed by atoms with Gasteiger partial charge in [0.2, 0.25) is 5.91 Å². The minimum absolute atomic E-state index is 0.177. The van der Waals surface area contributed by atoms with E-state index in [1.807, 2.05) is 30.5 Å². The molecule has 1 atom stereocenters. The highest BCUT2D eigenvalue weighted by Gasteiger charge is 2.21. The van der Waals surface area contributed by atoms with Gasteiger partial charge in [-0.05, 0) is 25.1 Å². The van der Waals surface area contributed by atoms with E-state index in [1.165, 1.54) is 11.8 Å². The molecule has 2 N–H and O–H groups in total. The van der Waals surface area contributed by atoms with E-state index < -0.39 is 5.25 Å². The van der Waals surface area contributed by atoms with Gasteiger partial charge in [-0.15, -0.1) is 10.2 Å². The average Bonchev–Trinajstić information content (AvgIpc) is 3.40. The van der Waals surface area contributed by atoms with Gasteiger partial charge in [0.25, 0.3) is 11.1 Å². The first-order valence-electron chi connectivity index (χ1n) is 9.44. The fourth-order valence-electron chi connectivity index (χ4n) is 3.18. The standard InChI is InChI=1S/C21H18N4O4S/c1-12(19(26)23-13-6-7-17-18(10-13)28-9-8-27-17)30-21-25-24-20(29-21)15-11-22-16-5-3-2-4-14(15)16/h2-7,10-12,22H,8-9H2,1H3,(H,23,26). The summed E-state index contributed by atoms with van der Waals surface area (Å²) in [6.07, 6.45) is 1.84. The zero-order chi connectivity index (χ0) is 20.5. The molecular weight excluding hydrogens is 404 g/mol. The summed E-state index contributed by atoms with van der Waals surface area (Å²) in [5.74, 6) is 1.54. The van der Waals surface area contributed by atoms with E-state index in [9.17, 15) is 4.79 Å². The van der Waals surface area contributed by atoms with Crippen LogP contribution in [0, 0.1) is 0 Å². The van der Waals surface area contributed by atoms with Crippen molar-refractivity contribution in [1.29, 1.82) is 0 Å². The Hall–Kier alpha value is -3.46. The molecule has 8 nitrogen and oxygen atoms in total. The Kier molecular flexibility index (Phi) is 4.80. The first-order chi connectivity index (χ1) is 14.7. The smallest absolute Gasteiger partial charge is 0.277 e. The fraction of sp³-hybridized carbons (Fsp3) is 0.190. The van der Waals surface area contributed by atoms with Crippen molar-refractivity contribution in [3.05, 3.63) is 48.7 Å². The molecule has 5 rings (SSSR count). The van der Waals surface area contributed by atoms with Gasteiger partial charge in [0.15, 0.2) is 11.5 Å². The minimum atomic E-state index is -0.436. The van der Waals surface area contributed by atoms with Crippen LogP contribution in [0.1, 0.15) is 6.92 Å². The van der Waals surface area contributed by atoms with Gasteiger partial charge in [-0.2, -0.15) is 0 Å². The van der Waals surface area contributed by atoms with Gasteiger partial charge >= 0.3 is 0 Å². The third-order valence-corrected chi connectivity index (χ3v) is 5.62. The molecule has 1 unspecified atom stereocenters. The van der Waals surface area contributed by atoms with Crippen LogP contribution in [0.3, 0.4) is 0 Å². The van der Waals surface area contributed by atoms with Crippen molar-refractivity contribution in [2.75, 3.05) is 18.5 Å². The van der Waals surface area contributed by atoms with E-state index in [1.54, 1.807) is 25.1 Å². The van der Waals surface area contributed by atoms with E-state index in [-0.39, 0.29) is 5.91 Å². The molecule has 30 heavy (non-hydrogen) atoms. The van der Waals surface area contributed by atoms with Crippen LogP contribution in [-0.4, -0.2) is 39.6 Å². The number of hydrogen-bond acceptors (Lipinski definition) is 7. The number of aromatic nitrogens is 3. The number of thioether (sulfide) groups is 1. The third-order valence-electron chi connectivity index (χ3n) is 4.68. The molecule has 1 amide bonds. The summed E-state index contributed by atoms with van der Waals surface area (Å²) in [6, 6.07) is 13.2. The van der Waals surface area contributed by atoms with Crippen molar-refractivity contribution in [1.82, 2.24) is 15.2 Å². The Morgan fingerprint density at radius 3 is 2.87 bits per heavy atom. The van der Waals surface area contributed by atoms with Crippen molar-refractivity contribution < 1.29 is 18.7 Å². The number of amides is 1. The molecule has 0 bridgehead atoms. The van der Waals surface area contributed by atoms with Crippen LogP contribution in [0.5, 0.6) is 11.5 Å². The second-order valence-electron chi connectivity index (χ2n) is 6.73. The summed E-state index contributed by atoms with van der Waals surface area (Å²) in [5, 5.41) is 12.0. The Balaban J connectivity index is 1.26. The van der Waals surface area contributed by atoms with E-state index in [2.05, 4.69) is 20.5 Å². The van der Waals surface area contributed by atoms with Crippen LogP contribution in [0.15, 0.2) is 58.3 Å². The summed E-state index contributed by atoms with van der Waals surface area (Å²) in [7, 11) is 0. The number of aromatic amines is 1. The number of ether oxygens (including phenoxy) is 2. The summed E-state index contributed by atoms with van der Waals surface area (Å²) in [4.78, 5) is 15.8. The Morgan fingerprint density at radius 2 is 1.97 bits per heavy atom. The van der Waals surface area contributed by atoms with Crippen LogP contribution in [-0.2, 0) is 4.79 Å². The summed E-state index contributed by atoms with van der Waals surface area (Å²) in [5.41, 5.74) is 2.46. The monoisotopic (exact) mass is 422 g/mol. The molecule has 0 spiro atoms. The highest BCUT2D eigenvalue weighted by Crippen LogP contribution is 2.34. The molecule has 0 radical (unpaired) electrons. The van der Waals surface area contributed by atoms with Gasteiger partial charge in [0.05, 0.1) is 10.8 Å². The average molecular weight is 422 g/mol. The molecule has 0 saturated heterocycles. The highest BCUT2D eigenvalue weighted by atomic mass is 32.2. The Bertz CT molecular complexity index is 1220. The summed E-state index contributed by atoms with van der Waals surface area (Å²) >= 11 is 1.20. The minimum Gasteiger partial charge on any atom is -0.486 e. The lowest BCUT2D eigenvalue weighted by atomic mass is 10.2. The molecule has 0 aliphatic carbocycles. The molecule has 9 heteroatoms. The Labute approximate surface area is 176 Å². The topological polar surface area (TPSA) is 102 Å². The molecule has 4 aromatic rings. The number of nitrogens with zero attached hydrogens (tertiary/aromatic N) is 2. The van der Waals surface area contributed by atoms with Crippen LogP contribution >= 0.6 is 11.8 Å². The van der Waals surface area contributed by atoms with Crippen molar-refractivity contribution >= 4 is 34.3 Å². The number of fused-ring (bicyclic) bond motifs is 2. The molecule has 1 aliphatic heterocycles. The predicted octanol–water partition coefficient (Wildman–Crippen LogP) is 4.11. The SMILES string of the molecule is CC(Sc1nnc(-c2c[nH]c3ccccc23)o1)C(=O)Nc1ccc2c(c1)OCCO2. The summed E-state index contributed by atoms with van der Waals surface area (Å²) in [6.45, 7) is 2.80. The van der Waals surface area contributed by atoms with Gasteiger partial charge in [-0.1, -0.05) is 30.0 Å². The number of carbonyl (C=O) groups is 1. The number of hydrogen-bond donors (Lipinski definition) is 2. The molecule has 2 aromatic carbocycles. The number of carbonyl (C=O) groups excluding carboxylic acids is 1. The van der Waals surface area contributed by atoms with Gasteiger partial charge in [-0.3, -0.25) is 4.79 Å². The third kappa shape index (κ3) is 3.59. The van der Waals surface area contributed by atoms with Gasteiger partial charge in [-0.25, -0.2) is 0 Å². The van der Waals surface area contributed by atoms with Crippen molar-refractivity contribution in [2.45, 2.75) is 17.4 Å². The molecule has 0 saturated carbocycles. The first-order valence-corrected chi connectivity index (χ1v) is 10.3. The number of para-hydroxylation sites is 1. The molecule has 1 aliphatic rings. The number of H-pyrrole nitrogens is 1. The zero-order valence-corrected chi connectivity index (χ0v) is 16.9. The van der Waals surface area contributed by atoms with Gasteiger partial charge < -0.3 is 24.2 Å². The van der Waals surface area contributed by atoms with Crippen molar-refractivity contribution in [3.63, 3.8) is 0 Å². The number of anilines is 1. The second kappa shape index (κ2) is 7.75. The van der Waals surface area contributed by atoms with Crippen molar-refractivity contribution in [2.24, 2.45) is 0 Å². The maximum atomic E-state index is 12.6. The van der Waals surface area contributed by atoms with E-state index >= 15 is 0 Å². The fourth-order valence-corrected chi connectivity index (χ4v) is 3.87. The number of rotatable bonds is 5. The molecular formula is C21H18N4O4S. The van der Waals surface area contributed by atoms with E-state index in [0.717, 1.165) is 16.5 Å². The highest BCUT2D eigenvalue weighted by molar-refractivity contribution is 8.00. The maximum absolute atomic E-state index is 12.6. The molecule has 2 aromatic heterocycles. The number of nitrogens with one attached hydrogen (secondary N) is 2. The largest absolute Gasteiger partial charge is 0.486 e. The van der Waals surface area contributed by atoms with Crippen LogP contribution < -0.4 is 14.8 Å². The maximum Gasteiger partial charge on any atom is 0.277 e. The molecule has 0 fully saturated rings. The lowest BCUT2D eigenvalue weighted by Gasteiger charge is -2.19. The van der Waals surface area contributed by atoms with Gasteiger partial charge in [0, 0.05) is 28.9 Å². The molecule has 3 heterocycles. The molecule has 152 valence electrons. The lowest BCUT2D eigenvalue weighted by Crippen LogP contribution is -2.22. The Morgan fingerprint density at radius 1 is 1.13 bits per heavy atom. The predicted molar refractivity (Wildman–Crippen MR) is 113 cm³/mol. The van der Waals surface area contributed by atoms with Crippen molar-refractivity contribution in [3.8, 4) is 23.0 Å². The lowest BCUT2D eigenvalue weighted by molar-refractivity contribution is -0.115. The first kappa shape index (κ1) is 18.6. The zero-order valence-electron chi connectivity index (χ0n) is 16.0. The normalized spacial score (nSPS) is 13.9. The van der Waals surface area contributed by atoms with Crippen LogP contribution in [0.4, 0.5) is 5.69 Å². The second-order valence-corrected chi connectivity index (χ2v) is 8.02. The quantitative estimate of drug-likeness (QED) is 0.467.